The number of nitrogens with zero attached hydrogens (tertiary/aromatic N) is 2. The van der Waals surface area contributed by atoms with Gasteiger partial charge in [0.25, 0.3) is 0 Å². The number of aryl methyl sites for hydroxylation is 1. The van der Waals surface area contributed by atoms with Gasteiger partial charge in [-0.1, -0.05) is 0 Å². The van der Waals surface area contributed by atoms with Crippen LogP contribution in [0, 0.1) is 0 Å². The summed E-state index contributed by atoms with van der Waals surface area (Å²) in [6, 6.07) is -0.199. The minimum atomic E-state index is -4.14. The van der Waals surface area contributed by atoms with Crippen LogP contribution in [0.2, 0.25) is 0 Å². The largest absolute Gasteiger partial charge is 0.390 e. The lowest BCUT2D eigenvalue weighted by Crippen LogP contribution is -2.12. The Hall–Kier alpha value is -0.750. The molecule has 88 valence electrons. The molecule has 1 aromatic heterocycles. The van der Waals surface area contributed by atoms with E-state index in [9.17, 15) is 13.2 Å². The molecule has 0 fully saturated rings. The van der Waals surface area contributed by atoms with Gasteiger partial charge in [0.2, 0.25) is 0 Å². The molecule has 3 nitrogen and oxygen atoms in total. The van der Waals surface area contributed by atoms with Gasteiger partial charge in [-0.25, -0.2) is 0 Å². The Morgan fingerprint density at radius 3 is 2.53 bits per heavy atom. The molecule has 0 amide bonds. The molecule has 1 heterocycles. The third kappa shape index (κ3) is 5.03. The van der Waals surface area contributed by atoms with E-state index in [1.807, 2.05) is 0 Å². The fraction of sp³-hybridized carbons (Fsp3) is 0.625. The minimum absolute atomic E-state index is 0. The predicted octanol–water partition coefficient (Wildman–Crippen LogP) is 2.28. The van der Waals surface area contributed by atoms with Crippen molar-refractivity contribution in [2.24, 2.45) is 5.73 Å². The van der Waals surface area contributed by atoms with Crippen LogP contribution in [0.3, 0.4) is 0 Å². The molecule has 2 N–H and O–H groups in total. The van der Waals surface area contributed by atoms with Gasteiger partial charge in [-0.2, -0.15) is 18.3 Å². The van der Waals surface area contributed by atoms with Crippen molar-refractivity contribution in [2.75, 3.05) is 0 Å². The van der Waals surface area contributed by atoms with Crippen molar-refractivity contribution >= 4 is 12.4 Å². The highest BCUT2D eigenvalue weighted by molar-refractivity contribution is 5.85. The number of alkyl halides is 3. The number of nitrogens with two attached hydrogens (primary N) is 1. The van der Waals surface area contributed by atoms with Crippen LogP contribution in [0.1, 0.15) is 24.9 Å². The van der Waals surface area contributed by atoms with Crippen LogP contribution in [-0.2, 0) is 6.54 Å². The smallest absolute Gasteiger partial charge is 0.324 e. The molecule has 0 radical (unpaired) electrons. The summed E-state index contributed by atoms with van der Waals surface area (Å²) in [7, 11) is 0. The fourth-order valence-corrected chi connectivity index (χ4v) is 0.978. The Balaban J connectivity index is 0.00000196. The molecule has 0 bridgehead atoms. The van der Waals surface area contributed by atoms with Gasteiger partial charge in [0, 0.05) is 24.3 Å². The zero-order valence-corrected chi connectivity index (χ0v) is 8.98. The Kier molecular flexibility index (Phi) is 5.10. The summed E-state index contributed by atoms with van der Waals surface area (Å²) in [5.74, 6) is 0. The van der Waals surface area contributed by atoms with E-state index < -0.39 is 12.6 Å². The number of halogens is 4. The van der Waals surface area contributed by atoms with E-state index in [0.717, 1.165) is 5.56 Å². The first-order chi connectivity index (χ1) is 6.38. The second-order valence-electron chi connectivity index (χ2n) is 3.19. The Bertz CT molecular complexity index is 296. The molecule has 0 aliphatic heterocycles. The average Bonchev–Trinajstić information content (AvgIpc) is 2.47. The Morgan fingerprint density at radius 2 is 2.13 bits per heavy atom. The molecule has 15 heavy (non-hydrogen) atoms. The first-order valence-corrected chi connectivity index (χ1v) is 4.23. The average molecular weight is 244 g/mol. The van der Waals surface area contributed by atoms with Crippen LogP contribution in [0.5, 0.6) is 0 Å². The van der Waals surface area contributed by atoms with Crippen LogP contribution in [0.15, 0.2) is 12.4 Å². The highest BCUT2D eigenvalue weighted by Crippen LogP contribution is 2.20. The van der Waals surface area contributed by atoms with E-state index in [2.05, 4.69) is 5.10 Å². The van der Waals surface area contributed by atoms with Gasteiger partial charge in [-0.15, -0.1) is 12.4 Å². The van der Waals surface area contributed by atoms with Crippen molar-refractivity contribution in [1.82, 2.24) is 9.78 Å². The topological polar surface area (TPSA) is 43.8 Å². The number of hydrogen-bond donors (Lipinski definition) is 1. The van der Waals surface area contributed by atoms with Crippen LogP contribution < -0.4 is 5.73 Å². The molecule has 1 aromatic rings. The summed E-state index contributed by atoms with van der Waals surface area (Å²) in [5.41, 5.74) is 6.28. The maximum atomic E-state index is 11.8. The lowest BCUT2D eigenvalue weighted by Gasteiger charge is -2.05. The molecule has 0 aliphatic carbocycles. The predicted molar refractivity (Wildman–Crippen MR) is 52.7 cm³/mol. The Morgan fingerprint density at radius 1 is 1.53 bits per heavy atom. The molecule has 1 atom stereocenters. The fourth-order valence-electron chi connectivity index (χ4n) is 0.978. The Labute approximate surface area is 91.9 Å². The summed E-state index contributed by atoms with van der Waals surface area (Å²) in [6.45, 7) is 1.60. The van der Waals surface area contributed by atoms with Crippen LogP contribution in [0.25, 0.3) is 0 Å². The quantitative estimate of drug-likeness (QED) is 0.885. The summed E-state index contributed by atoms with van der Waals surface area (Å²) in [6.07, 6.45) is -1.98. The van der Waals surface area contributed by atoms with Gasteiger partial charge >= 0.3 is 6.18 Å². The summed E-state index contributed by atoms with van der Waals surface area (Å²) in [4.78, 5) is 0. The van der Waals surface area contributed by atoms with E-state index in [1.165, 1.54) is 17.1 Å². The molecule has 0 aromatic carbocycles. The van der Waals surface area contributed by atoms with Crippen LogP contribution >= 0.6 is 12.4 Å². The molecule has 0 spiro atoms. The van der Waals surface area contributed by atoms with E-state index >= 15 is 0 Å². The van der Waals surface area contributed by atoms with Gasteiger partial charge in [-0.05, 0) is 6.92 Å². The highest BCUT2D eigenvalue weighted by Gasteiger charge is 2.26. The van der Waals surface area contributed by atoms with Gasteiger partial charge in [0.05, 0.1) is 12.6 Å². The van der Waals surface area contributed by atoms with Gasteiger partial charge < -0.3 is 5.73 Å². The molecule has 1 unspecified atom stereocenters. The zero-order valence-electron chi connectivity index (χ0n) is 8.16. The molecule has 0 aliphatic rings. The molecule has 0 saturated carbocycles. The van der Waals surface area contributed by atoms with Gasteiger partial charge in [0.15, 0.2) is 0 Å². The maximum Gasteiger partial charge on any atom is 0.390 e. The standard InChI is InChI=1S/C8H12F3N3.ClH/c1-6(12)7-4-13-14(5-7)3-2-8(9,10)11;/h4-6H,2-3,12H2,1H3;1H. The van der Waals surface area contributed by atoms with Crippen molar-refractivity contribution in [3.05, 3.63) is 18.0 Å². The van der Waals surface area contributed by atoms with Crippen molar-refractivity contribution in [2.45, 2.75) is 32.1 Å². The second kappa shape index (κ2) is 5.37. The molecule has 7 heteroatoms. The van der Waals surface area contributed by atoms with Crippen LogP contribution in [0.4, 0.5) is 13.2 Å². The third-order valence-corrected chi connectivity index (χ3v) is 1.80. The normalized spacial score (nSPS) is 13.4. The number of hydrogen-bond acceptors (Lipinski definition) is 2. The first-order valence-electron chi connectivity index (χ1n) is 4.23. The molecular weight excluding hydrogens is 231 g/mol. The van der Waals surface area contributed by atoms with E-state index in [1.54, 1.807) is 6.92 Å². The van der Waals surface area contributed by atoms with E-state index in [-0.39, 0.29) is 25.0 Å². The lowest BCUT2D eigenvalue weighted by molar-refractivity contribution is -0.137. The van der Waals surface area contributed by atoms with E-state index in [0.29, 0.717) is 0 Å². The molecule has 0 saturated heterocycles. The zero-order chi connectivity index (χ0) is 10.8. The SMILES string of the molecule is CC(N)c1cnn(CCC(F)(F)F)c1.Cl. The van der Waals surface area contributed by atoms with Gasteiger partial charge in [0.1, 0.15) is 0 Å². The van der Waals surface area contributed by atoms with Crippen molar-refractivity contribution in [3.63, 3.8) is 0 Å². The molecular formula is C8H13ClF3N3. The van der Waals surface area contributed by atoms with E-state index in [4.69, 9.17) is 5.73 Å². The highest BCUT2D eigenvalue weighted by atomic mass is 35.5. The van der Waals surface area contributed by atoms with Crippen molar-refractivity contribution < 1.29 is 13.2 Å². The van der Waals surface area contributed by atoms with Crippen LogP contribution in [-0.4, -0.2) is 16.0 Å². The summed E-state index contributed by atoms with van der Waals surface area (Å²) < 4.78 is 36.8. The van der Waals surface area contributed by atoms with Crippen molar-refractivity contribution in [1.29, 1.82) is 0 Å². The minimum Gasteiger partial charge on any atom is -0.324 e. The lowest BCUT2D eigenvalue weighted by atomic mass is 10.2. The number of rotatable bonds is 3. The summed E-state index contributed by atoms with van der Waals surface area (Å²) >= 11 is 0. The van der Waals surface area contributed by atoms with Gasteiger partial charge in [-0.3, -0.25) is 4.68 Å². The first kappa shape index (κ1) is 14.2. The third-order valence-electron chi connectivity index (χ3n) is 1.80. The monoisotopic (exact) mass is 243 g/mol. The van der Waals surface area contributed by atoms with Crippen molar-refractivity contribution in [3.8, 4) is 0 Å². The maximum absolute atomic E-state index is 11.8. The summed E-state index contributed by atoms with van der Waals surface area (Å²) in [5, 5.41) is 3.78. The molecule has 1 rings (SSSR count). The second-order valence-corrected chi connectivity index (χ2v) is 3.19. The number of aromatic nitrogens is 2.